The van der Waals surface area contributed by atoms with Crippen LogP contribution in [0.25, 0.3) is 0 Å². The summed E-state index contributed by atoms with van der Waals surface area (Å²) in [5.74, 6) is -0.535. The largest absolute Gasteiger partial charge is 0.481 e. The lowest BCUT2D eigenvalue weighted by molar-refractivity contribution is -0.142. The highest BCUT2D eigenvalue weighted by molar-refractivity contribution is 5.97. The Labute approximate surface area is 124 Å². The molecule has 1 amide bonds. The molecule has 0 aromatic heterocycles. The van der Waals surface area contributed by atoms with E-state index in [0.717, 1.165) is 29.5 Å². The molecule has 2 aliphatic rings. The average molecular weight is 287 g/mol. The molecule has 1 N–H and O–H groups in total. The minimum absolute atomic E-state index is 0.0139. The van der Waals surface area contributed by atoms with Crippen LogP contribution in [0.4, 0.5) is 0 Å². The third-order valence-corrected chi connectivity index (χ3v) is 4.89. The predicted octanol–water partition coefficient (Wildman–Crippen LogP) is 2.49. The third kappa shape index (κ3) is 2.55. The van der Waals surface area contributed by atoms with Crippen LogP contribution in [0.1, 0.15) is 34.3 Å². The molecule has 112 valence electrons. The van der Waals surface area contributed by atoms with Crippen molar-refractivity contribution in [2.45, 2.75) is 26.7 Å². The zero-order valence-corrected chi connectivity index (χ0v) is 12.5. The zero-order valence-electron chi connectivity index (χ0n) is 12.5. The Kier molecular flexibility index (Phi) is 3.47. The minimum Gasteiger partial charge on any atom is -0.481 e. The van der Waals surface area contributed by atoms with Gasteiger partial charge in [0.15, 0.2) is 0 Å². The summed E-state index contributed by atoms with van der Waals surface area (Å²) in [7, 11) is 0. The van der Waals surface area contributed by atoms with Gasteiger partial charge in [-0.25, -0.2) is 0 Å². The topological polar surface area (TPSA) is 57.6 Å². The van der Waals surface area contributed by atoms with Crippen molar-refractivity contribution in [3.63, 3.8) is 0 Å². The smallest absolute Gasteiger partial charge is 0.308 e. The second-order valence-corrected chi connectivity index (χ2v) is 6.42. The molecule has 1 aliphatic heterocycles. The normalized spacial score (nSPS) is 25.1. The number of likely N-dealkylation sites (tertiary alicyclic amines) is 1. The lowest BCUT2D eigenvalue weighted by Gasteiger charge is -2.19. The van der Waals surface area contributed by atoms with Crippen LogP contribution in [0, 0.1) is 31.6 Å². The molecule has 1 aromatic rings. The maximum absolute atomic E-state index is 12.8. The number of aryl methyl sites for hydroxylation is 2. The van der Waals surface area contributed by atoms with Crippen molar-refractivity contribution in [3.05, 3.63) is 34.9 Å². The van der Waals surface area contributed by atoms with E-state index in [1.54, 1.807) is 4.90 Å². The fourth-order valence-corrected chi connectivity index (χ4v) is 3.57. The molecule has 3 rings (SSSR count). The summed E-state index contributed by atoms with van der Waals surface area (Å²) in [5.41, 5.74) is 2.65. The number of carbonyl (C=O) groups excluding carboxylic acids is 1. The van der Waals surface area contributed by atoms with Gasteiger partial charge in [0.25, 0.3) is 5.91 Å². The van der Waals surface area contributed by atoms with Crippen LogP contribution in [0.5, 0.6) is 0 Å². The molecule has 1 aliphatic carbocycles. The first-order chi connectivity index (χ1) is 9.99. The molecule has 1 saturated carbocycles. The van der Waals surface area contributed by atoms with E-state index in [9.17, 15) is 14.7 Å². The number of hydrogen-bond donors (Lipinski definition) is 1. The number of benzene rings is 1. The van der Waals surface area contributed by atoms with Gasteiger partial charge in [-0.2, -0.15) is 0 Å². The van der Waals surface area contributed by atoms with E-state index >= 15 is 0 Å². The van der Waals surface area contributed by atoms with E-state index in [2.05, 4.69) is 0 Å². The van der Waals surface area contributed by atoms with Crippen LogP contribution in [-0.4, -0.2) is 35.0 Å². The third-order valence-electron chi connectivity index (χ3n) is 4.89. The number of rotatable bonds is 3. The molecule has 0 bridgehead atoms. The Hall–Kier alpha value is -1.84. The molecule has 0 unspecified atom stereocenters. The molecule has 21 heavy (non-hydrogen) atoms. The van der Waals surface area contributed by atoms with Gasteiger partial charge in [0.1, 0.15) is 0 Å². The second kappa shape index (κ2) is 5.17. The first-order valence-electron chi connectivity index (χ1n) is 7.57. The van der Waals surface area contributed by atoms with Gasteiger partial charge in [-0.15, -0.1) is 0 Å². The summed E-state index contributed by atoms with van der Waals surface area (Å²) in [6, 6.07) is 5.81. The van der Waals surface area contributed by atoms with Gasteiger partial charge >= 0.3 is 5.97 Å². The summed E-state index contributed by atoms with van der Waals surface area (Å²) in [6.45, 7) is 4.81. The Balaban J connectivity index is 1.84. The zero-order chi connectivity index (χ0) is 15.1. The van der Waals surface area contributed by atoms with Gasteiger partial charge < -0.3 is 10.0 Å². The van der Waals surface area contributed by atoms with Crippen LogP contribution >= 0.6 is 0 Å². The number of carboxylic acids is 1. The second-order valence-electron chi connectivity index (χ2n) is 6.42. The van der Waals surface area contributed by atoms with Crippen molar-refractivity contribution in [1.29, 1.82) is 0 Å². The van der Waals surface area contributed by atoms with Crippen molar-refractivity contribution >= 4 is 11.9 Å². The summed E-state index contributed by atoms with van der Waals surface area (Å²) >= 11 is 0. The van der Waals surface area contributed by atoms with E-state index in [1.165, 1.54) is 0 Å². The predicted molar refractivity (Wildman–Crippen MR) is 79.2 cm³/mol. The van der Waals surface area contributed by atoms with Gasteiger partial charge in [-0.05, 0) is 49.7 Å². The Morgan fingerprint density at radius 1 is 1.14 bits per heavy atom. The van der Waals surface area contributed by atoms with E-state index in [-0.39, 0.29) is 11.8 Å². The molecule has 2 atom stereocenters. The van der Waals surface area contributed by atoms with Gasteiger partial charge in [-0.3, -0.25) is 9.59 Å². The Bertz CT molecular complexity index is 571. The highest BCUT2D eigenvalue weighted by Gasteiger charge is 2.47. The first kappa shape index (κ1) is 14.1. The van der Waals surface area contributed by atoms with Gasteiger partial charge in [-0.1, -0.05) is 18.2 Å². The molecular weight excluding hydrogens is 266 g/mol. The molecular formula is C17H21NO3. The molecule has 4 heteroatoms. The standard InChI is InChI=1S/C17H21NO3/c1-10-4-3-5-11(2)15(10)16(19)18-8-13(12-6-7-12)14(9-18)17(20)21/h3-5,12-14H,6-9H2,1-2H3,(H,20,21)/t13-,14+/m1/s1. The molecule has 1 saturated heterocycles. The van der Waals surface area contributed by atoms with Crippen molar-refractivity contribution < 1.29 is 14.7 Å². The minimum atomic E-state index is -0.760. The van der Waals surface area contributed by atoms with Crippen LogP contribution < -0.4 is 0 Å². The first-order valence-corrected chi connectivity index (χ1v) is 7.57. The van der Waals surface area contributed by atoms with Crippen LogP contribution in [0.3, 0.4) is 0 Å². The average Bonchev–Trinajstić information content (AvgIpc) is 3.16. The van der Waals surface area contributed by atoms with Crippen molar-refractivity contribution in [2.75, 3.05) is 13.1 Å². The van der Waals surface area contributed by atoms with E-state index < -0.39 is 11.9 Å². The number of aliphatic carboxylic acids is 1. The Morgan fingerprint density at radius 3 is 2.29 bits per heavy atom. The summed E-state index contributed by atoms with van der Waals surface area (Å²) in [6.07, 6.45) is 2.22. The molecule has 1 aromatic carbocycles. The van der Waals surface area contributed by atoms with E-state index in [4.69, 9.17) is 0 Å². The lowest BCUT2D eigenvalue weighted by Crippen LogP contribution is -2.31. The Morgan fingerprint density at radius 2 is 1.76 bits per heavy atom. The fourth-order valence-electron chi connectivity index (χ4n) is 3.57. The number of carboxylic acid groups (broad SMARTS) is 1. The number of carbonyl (C=O) groups is 2. The quantitative estimate of drug-likeness (QED) is 0.929. The maximum atomic E-state index is 12.8. The van der Waals surface area contributed by atoms with Gasteiger partial charge in [0, 0.05) is 18.7 Å². The summed E-state index contributed by atoms with van der Waals surface area (Å²) in [5, 5.41) is 9.40. The fraction of sp³-hybridized carbons (Fsp3) is 0.529. The highest BCUT2D eigenvalue weighted by Crippen LogP contribution is 2.44. The van der Waals surface area contributed by atoms with Crippen LogP contribution in [0.15, 0.2) is 18.2 Å². The molecule has 1 heterocycles. The highest BCUT2D eigenvalue weighted by atomic mass is 16.4. The van der Waals surface area contributed by atoms with Gasteiger partial charge in [0.05, 0.1) is 5.92 Å². The molecule has 4 nitrogen and oxygen atoms in total. The van der Waals surface area contributed by atoms with E-state index in [0.29, 0.717) is 19.0 Å². The monoisotopic (exact) mass is 287 g/mol. The molecule has 0 radical (unpaired) electrons. The van der Waals surface area contributed by atoms with Crippen molar-refractivity contribution in [3.8, 4) is 0 Å². The molecule has 0 spiro atoms. The van der Waals surface area contributed by atoms with E-state index in [1.807, 2.05) is 32.0 Å². The van der Waals surface area contributed by atoms with Crippen LogP contribution in [-0.2, 0) is 4.79 Å². The molecule has 2 fully saturated rings. The number of hydrogen-bond acceptors (Lipinski definition) is 2. The summed E-state index contributed by atoms with van der Waals surface area (Å²) in [4.78, 5) is 26.0. The SMILES string of the molecule is Cc1cccc(C)c1C(=O)N1C[C@H](C(=O)O)[C@@H](C2CC2)C1. The maximum Gasteiger partial charge on any atom is 0.308 e. The van der Waals surface area contributed by atoms with Gasteiger partial charge in [0.2, 0.25) is 0 Å². The van der Waals surface area contributed by atoms with Crippen LogP contribution in [0.2, 0.25) is 0 Å². The number of nitrogens with zero attached hydrogens (tertiary/aromatic N) is 1. The lowest BCUT2D eigenvalue weighted by atomic mass is 9.92. The summed E-state index contributed by atoms with van der Waals surface area (Å²) < 4.78 is 0. The number of amides is 1. The van der Waals surface area contributed by atoms with Crippen molar-refractivity contribution in [1.82, 2.24) is 4.90 Å². The van der Waals surface area contributed by atoms with Crippen molar-refractivity contribution in [2.24, 2.45) is 17.8 Å².